The van der Waals surface area contributed by atoms with Crippen LogP contribution in [0.2, 0.25) is 0 Å². The van der Waals surface area contributed by atoms with E-state index in [1.54, 1.807) is 38.2 Å². The minimum absolute atomic E-state index is 0.303. The van der Waals surface area contributed by atoms with Crippen molar-refractivity contribution in [1.82, 2.24) is 10.2 Å². The molecular weight excluding hydrogens is 258 g/mol. The van der Waals surface area contributed by atoms with Crippen LogP contribution in [0.1, 0.15) is 24.5 Å². The van der Waals surface area contributed by atoms with Gasteiger partial charge in [0.1, 0.15) is 6.04 Å². The summed E-state index contributed by atoms with van der Waals surface area (Å²) in [6.07, 6.45) is 0.318. The highest BCUT2D eigenvalue weighted by Crippen LogP contribution is 2.07. The van der Waals surface area contributed by atoms with Gasteiger partial charge in [0, 0.05) is 13.6 Å². The zero-order valence-electron chi connectivity index (χ0n) is 11.5. The summed E-state index contributed by atoms with van der Waals surface area (Å²) in [5.74, 6) is -1.05. The number of benzene rings is 1. The van der Waals surface area contributed by atoms with Crippen molar-refractivity contribution >= 4 is 12.0 Å². The average Bonchev–Trinajstić information content (AvgIpc) is 2.44. The number of urea groups is 1. The minimum Gasteiger partial charge on any atom is -0.480 e. The first kappa shape index (κ1) is 15.5. The van der Waals surface area contributed by atoms with Gasteiger partial charge in [-0.1, -0.05) is 19.1 Å². The third kappa shape index (κ3) is 4.28. The van der Waals surface area contributed by atoms with Gasteiger partial charge in [0.05, 0.1) is 11.6 Å². The van der Waals surface area contributed by atoms with Crippen molar-refractivity contribution in [3.8, 4) is 6.07 Å². The van der Waals surface area contributed by atoms with E-state index in [1.807, 2.05) is 6.07 Å². The van der Waals surface area contributed by atoms with E-state index in [9.17, 15) is 9.59 Å². The molecule has 0 saturated carbocycles. The van der Waals surface area contributed by atoms with Crippen molar-refractivity contribution in [2.24, 2.45) is 0 Å². The van der Waals surface area contributed by atoms with Crippen LogP contribution >= 0.6 is 0 Å². The lowest BCUT2D eigenvalue weighted by Gasteiger charge is -2.20. The molecule has 1 atom stereocenters. The van der Waals surface area contributed by atoms with Crippen molar-refractivity contribution in [2.75, 3.05) is 7.05 Å². The Labute approximate surface area is 117 Å². The van der Waals surface area contributed by atoms with E-state index < -0.39 is 18.0 Å². The molecule has 0 aliphatic heterocycles. The molecule has 6 heteroatoms. The lowest BCUT2D eigenvalue weighted by Crippen LogP contribution is -2.46. The molecule has 0 radical (unpaired) electrons. The largest absolute Gasteiger partial charge is 0.480 e. The number of nitrogens with one attached hydrogen (secondary N) is 1. The number of nitriles is 1. The molecule has 0 unspecified atom stereocenters. The second kappa shape index (κ2) is 7.14. The quantitative estimate of drug-likeness (QED) is 0.852. The number of carboxylic acid groups (broad SMARTS) is 1. The number of nitrogens with zero attached hydrogens (tertiary/aromatic N) is 2. The van der Waals surface area contributed by atoms with Gasteiger partial charge in [0.15, 0.2) is 0 Å². The molecule has 0 bridgehead atoms. The number of carboxylic acids is 1. The lowest BCUT2D eigenvalue weighted by atomic mass is 10.1. The standard InChI is InChI=1S/C14H17N3O3/c1-3-12(13(18)19)16-14(20)17(2)9-11-6-4-5-10(7-11)8-15/h4-7,12H,3,9H2,1-2H3,(H,16,20)(H,18,19)/t12-/m0/s1. The van der Waals surface area contributed by atoms with Gasteiger partial charge in [0.25, 0.3) is 0 Å². The smallest absolute Gasteiger partial charge is 0.326 e. The fourth-order valence-corrected chi connectivity index (χ4v) is 1.68. The van der Waals surface area contributed by atoms with Gasteiger partial charge in [-0.05, 0) is 24.1 Å². The van der Waals surface area contributed by atoms with E-state index in [4.69, 9.17) is 10.4 Å². The molecule has 1 aromatic rings. The normalized spacial score (nSPS) is 11.2. The monoisotopic (exact) mass is 275 g/mol. The number of hydrogen-bond donors (Lipinski definition) is 2. The molecule has 0 saturated heterocycles. The van der Waals surface area contributed by atoms with Gasteiger partial charge in [-0.3, -0.25) is 0 Å². The molecule has 0 fully saturated rings. The number of amides is 2. The maximum Gasteiger partial charge on any atom is 0.326 e. The predicted octanol–water partition coefficient (Wildman–Crippen LogP) is 1.56. The van der Waals surface area contributed by atoms with Crippen molar-refractivity contribution < 1.29 is 14.7 Å². The Bertz CT molecular complexity index is 537. The van der Waals surface area contributed by atoms with E-state index in [1.165, 1.54) is 4.90 Å². The first-order valence-electron chi connectivity index (χ1n) is 6.21. The predicted molar refractivity (Wildman–Crippen MR) is 72.9 cm³/mol. The summed E-state index contributed by atoms with van der Waals surface area (Å²) >= 11 is 0. The number of carbonyl (C=O) groups excluding carboxylic acids is 1. The molecule has 1 rings (SSSR count). The zero-order valence-corrected chi connectivity index (χ0v) is 11.5. The summed E-state index contributed by atoms with van der Waals surface area (Å²) in [4.78, 5) is 24.1. The Hall–Kier alpha value is -2.55. The number of rotatable bonds is 5. The molecule has 0 aliphatic rings. The average molecular weight is 275 g/mol. The molecule has 106 valence electrons. The van der Waals surface area contributed by atoms with Crippen LogP contribution in [0.3, 0.4) is 0 Å². The Balaban J connectivity index is 2.66. The molecule has 0 heterocycles. The highest BCUT2D eigenvalue weighted by Gasteiger charge is 2.19. The van der Waals surface area contributed by atoms with Crippen molar-refractivity contribution in [1.29, 1.82) is 5.26 Å². The Morgan fingerprint density at radius 2 is 2.20 bits per heavy atom. The molecule has 2 amide bonds. The summed E-state index contributed by atoms with van der Waals surface area (Å²) in [6, 6.07) is 7.60. The van der Waals surface area contributed by atoms with Gasteiger partial charge in [-0.2, -0.15) is 5.26 Å². The number of hydrogen-bond acceptors (Lipinski definition) is 3. The fourth-order valence-electron chi connectivity index (χ4n) is 1.68. The van der Waals surface area contributed by atoms with Crippen LogP contribution in [0.4, 0.5) is 4.79 Å². The van der Waals surface area contributed by atoms with Crippen molar-refractivity contribution in [2.45, 2.75) is 25.9 Å². The molecule has 1 aromatic carbocycles. The fraction of sp³-hybridized carbons (Fsp3) is 0.357. The molecule has 0 aromatic heterocycles. The third-order valence-corrected chi connectivity index (χ3v) is 2.83. The second-order valence-electron chi connectivity index (χ2n) is 4.42. The van der Waals surface area contributed by atoms with E-state index in [0.717, 1.165) is 5.56 Å². The highest BCUT2D eigenvalue weighted by atomic mass is 16.4. The zero-order chi connectivity index (χ0) is 15.1. The Morgan fingerprint density at radius 1 is 1.50 bits per heavy atom. The third-order valence-electron chi connectivity index (χ3n) is 2.83. The van der Waals surface area contributed by atoms with Gasteiger partial charge in [-0.15, -0.1) is 0 Å². The topological polar surface area (TPSA) is 93.4 Å². The Morgan fingerprint density at radius 3 is 2.75 bits per heavy atom. The van der Waals surface area contributed by atoms with Crippen LogP contribution in [-0.4, -0.2) is 35.1 Å². The first-order valence-corrected chi connectivity index (χ1v) is 6.21. The van der Waals surface area contributed by atoms with Crippen LogP contribution < -0.4 is 5.32 Å². The van der Waals surface area contributed by atoms with E-state index in [-0.39, 0.29) is 0 Å². The molecule has 0 aliphatic carbocycles. The molecule has 6 nitrogen and oxygen atoms in total. The van der Waals surface area contributed by atoms with Gasteiger partial charge in [0.2, 0.25) is 0 Å². The molecule has 0 spiro atoms. The Kier molecular flexibility index (Phi) is 5.54. The van der Waals surface area contributed by atoms with Crippen LogP contribution in [0.15, 0.2) is 24.3 Å². The van der Waals surface area contributed by atoms with E-state index >= 15 is 0 Å². The number of carbonyl (C=O) groups is 2. The lowest BCUT2D eigenvalue weighted by molar-refractivity contribution is -0.139. The van der Waals surface area contributed by atoms with Crippen LogP contribution in [0.5, 0.6) is 0 Å². The molecule has 20 heavy (non-hydrogen) atoms. The van der Waals surface area contributed by atoms with Crippen LogP contribution in [-0.2, 0) is 11.3 Å². The van der Waals surface area contributed by atoms with Gasteiger partial charge < -0.3 is 15.3 Å². The summed E-state index contributed by atoms with van der Waals surface area (Å²) in [6.45, 7) is 1.99. The van der Waals surface area contributed by atoms with Crippen molar-refractivity contribution in [3.63, 3.8) is 0 Å². The highest BCUT2D eigenvalue weighted by molar-refractivity contribution is 5.82. The summed E-state index contributed by atoms with van der Waals surface area (Å²) < 4.78 is 0. The molecular formula is C14H17N3O3. The second-order valence-corrected chi connectivity index (χ2v) is 4.42. The summed E-state index contributed by atoms with van der Waals surface area (Å²) in [5, 5.41) is 20.1. The van der Waals surface area contributed by atoms with Crippen LogP contribution in [0.25, 0.3) is 0 Å². The van der Waals surface area contributed by atoms with Gasteiger partial charge in [-0.25, -0.2) is 9.59 Å². The van der Waals surface area contributed by atoms with Crippen LogP contribution in [0, 0.1) is 11.3 Å². The minimum atomic E-state index is -1.05. The SMILES string of the molecule is CC[C@H](NC(=O)N(C)Cc1cccc(C#N)c1)C(=O)O. The summed E-state index contributed by atoms with van der Waals surface area (Å²) in [7, 11) is 1.57. The first-order chi connectivity index (χ1) is 9.47. The van der Waals surface area contributed by atoms with E-state index in [2.05, 4.69) is 5.32 Å². The maximum absolute atomic E-state index is 11.9. The number of aliphatic carboxylic acids is 1. The van der Waals surface area contributed by atoms with Crippen molar-refractivity contribution in [3.05, 3.63) is 35.4 Å². The van der Waals surface area contributed by atoms with Gasteiger partial charge >= 0.3 is 12.0 Å². The maximum atomic E-state index is 11.9. The molecule has 2 N–H and O–H groups in total. The summed E-state index contributed by atoms with van der Waals surface area (Å²) in [5.41, 5.74) is 1.33. The van der Waals surface area contributed by atoms with E-state index in [0.29, 0.717) is 18.5 Å².